The summed E-state index contributed by atoms with van der Waals surface area (Å²) in [5.74, 6) is 0. The summed E-state index contributed by atoms with van der Waals surface area (Å²) in [5, 5.41) is 0. The molecule has 0 aliphatic carbocycles. The molecular weight excluding hydrogens is 266 g/mol. The number of hydrogen-bond donors (Lipinski definition) is 1. The Kier molecular flexibility index (Phi) is 5.24. The number of rotatable bonds is 6. The highest BCUT2D eigenvalue weighted by atomic mass is 32.2. The van der Waals surface area contributed by atoms with E-state index in [0.717, 1.165) is 34.4 Å². The molecule has 3 heteroatoms. The summed E-state index contributed by atoms with van der Waals surface area (Å²) in [6, 6.07) is 14.4. The van der Waals surface area contributed by atoms with Gasteiger partial charge in [0.15, 0.2) is 0 Å². The molecule has 2 rings (SSSR count). The van der Waals surface area contributed by atoms with Gasteiger partial charge in [-0.3, -0.25) is 4.79 Å². The molecule has 0 unspecified atom stereocenters. The van der Waals surface area contributed by atoms with Crippen LogP contribution in [0.2, 0.25) is 0 Å². The molecule has 0 saturated heterocycles. The Morgan fingerprint density at radius 2 is 1.90 bits per heavy atom. The van der Waals surface area contributed by atoms with Crippen molar-refractivity contribution in [2.45, 2.75) is 31.6 Å². The number of nitrogens with one attached hydrogen (secondary N) is 1. The number of anilines is 1. The Morgan fingerprint density at radius 1 is 1.15 bits per heavy atom. The number of carbonyl (C=O) groups is 1. The van der Waals surface area contributed by atoms with Gasteiger partial charge in [0.1, 0.15) is 6.29 Å². The quantitative estimate of drug-likeness (QED) is 0.606. The van der Waals surface area contributed by atoms with E-state index in [9.17, 15) is 4.79 Å². The normalized spacial score (nSPS) is 10.3. The molecule has 20 heavy (non-hydrogen) atoms. The maximum atomic E-state index is 10.9. The van der Waals surface area contributed by atoms with Gasteiger partial charge in [0.2, 0.25) is 0 Å². The fraction of sp³-hybridized carbons (Fsp3) is 0.235. The first-order chi connectivity index (χ1) is 9.72. The molecule has 0 bridgehead atoms. The van der Waals surface area contributed by atoms with E-state index >= 15 is 0 Å². The molecule has 104 valence electrons. The lowest BCUT2D eigenvalue weighted by Gasteiger charge is -2.08. The zero-order valence-corrected chi connectivity index (χ0v) is 12.7. The van der Waals surface area contributed by atoms with Gasteiger partial charge in [-0.15, -0.1) is 0 Å². The molecule has 0 amide bonds. The molecule has 0 heterocycles. The molecule has 0 fully saturated rings. The zero-order chi connectivity index (χ0) is 14.4. The van der Waals surface area contributed by atoms with E-state index in [1.807, 2.05) is 25.1 Å². The van der Waals surface area contributed by atoms with Crippen molar-refractivity contribution < 1.29 is 4.79 Å². The molecule has 0 saturated carbocycles. The Bertz CT molecular complexity index is 578. The van der Waals surface area contributed by atoms with E-state index in [-0.39, 0.29) is 0 Å². The van der Waals surface area contributed by atoms with E-state index in [1.165, 1.54) is 23.9 Å². The molecule has 2 nitrogen and oxygen atoms in total. The molecule has 0 radical (unpaired) electrons. The molecule has 0 aliphatic heterocycles. The summed E-state index contributed by atoms with van der Waals surface area (Å²) in [5.41, 5.74) is 4.19. The first-order valence-corrected chi connectivity index (χ1v) is 7.62. The van der Waals surface area contributed by atoms with Crippen molar-refractivity contribution in [2.24, 2.45) is 0 Å². The van der Waals surface area contributed by atoms with Gasteiger partial charge < -0.3 is 4.72 Å². The Labute approximate surface area is 124 Å². The third-order valence-corrected chi connectivity index (χ3v) is 3.98. The molecular formula is C17H19NOS. The van der Waals surface area contributed by atoms with Crippen molar-refractivity contribution in [3.63, 3.8) is 0 Å². The number of carbonyl (C=O) groups excluding carboxylic acids is 1. The van der Waals surface area contributed by atoms with E-state index in [4.69, 9.17) is 0 Å². The van der Waals surface area contributed by atoms with Crippen LogP contribution in [-0.4, -0.2) is 6.29 Å². The first-order valence-electron chi connectivity index (χ1n) is 6.80. The second kappa shape index (κ2) is 7.15. The van der Waals surface area contributed by atoms with Gasteiger partial charge in [0, 0.05) is 16.1 Å². The van der Waals surface area contributed by atoms with Crippen molar-refractivity contribution in [1.29, 1.82) is 0 Å². The van der Waals surface area contributed by atoms with Crippen molar-refractivity contribution in [3.05, 3.63) is 59.2 Å². The lowest BCUT2D eigenvalue weighted by atomic mass is 10.1. The van der Waals surface area contributed by atoms with Crippen LogP contribution in [0, 0.1) is 6.92 Å². The van der Waals surface area contributed by atoms with Crippen molar-refractivity contribution in [3.8, 4) is 0 Å². The highest BCUT2D eigenvalue weighted by molar-refractivity contribution is 8.00. The summed E-state index contributed by atoms with van der Waals surface area (Å²) in [6.07, 6.45) is 3.19. The smallest absolute Gasteiger partial charge is 0.150 e. The van der Waals surface area contributed by atoms with Gasteiger partial charge >= 0.3 is 0 Å². The third kappa shape index (κ3) is 3.87. The van der Waals surface area contributed by atoms with E-state index in [2.05, 4.69) is 35.9 Å². The Balaban J connectivity index is 1.99. The summed E-state index contributed by atoms with van der Waals surface area (Å²) in [7, 11) is 0. The predicted molar refractivity (Wildman–Crippen MR) is 86.5 cm³/mol. The van der Waals surface area contributed by atoms with Gasteiger partial charge in [0.25, 0.3) is 0 Å². The highest BCUT2D eigenvalue weighted by Gasteiger charge is 2.01. The maximum absolute atomic E-state index is 10.9. The average Bonchev–Trinajstić information content (AvgIpc) is 2.48. The van der Waals surface area contributed by atoms with Crippen molar-refractivity contribution in [2.75, 3.05) is 4.72 Å². The minimum atomic E-state index is 0.745. The maximum Gasteiger partial charge on any atom is 0.150 e. The monoisotopic (exact) mass is 285 g/mol. The number of aryl methyl sites for hydroxylation is 2. The average molecular weight is 285 g/mol. The third-order valence-electron chi connectivity index (χ3n) is 3.16. The van der Waals surface area contributed by atoms with Gasteiger partial charge in [-0.25, -0.2) is 0 Å². The number of aldehydes is 1. The van der Waals surface area contributed by atoms with E-state index < -0.39 is 0 Å². The molecule has 0 aliphatic rings. The van der Waals surface area contributed by atoms with Crippen LogP contribution in [-0.2, 0) is 6.42 Å². The lowest BCUT2D eigenvalue weighted by Crippen LogP contribution is -1.91. The van der Waals surface area contributed by atoms with Crippen LogP contribution in [0.15, 0.2) is 47.4 Å². The van der Waals surface area contributed by atoms with Gasteiger partial charge in [0.05, 0.1) is 0 Å². The summed E-state index contributed by atoms with van der Waals surface area (Å²) < 4.78 is 3.30. The molecule has 0 atom stereocenters. The van der Waals surface area contributed by atoms with Crippen LogP contribution in [0.25, 0.3) is 0 Å². The molecule has 2 aromatic carbocycles. The SMILES string of the molecule is CCCc1ccc(NSc2ccc(C)c(C=O)c2)cc1. The fourth-order valence-corrected chi connectivity index (χ4v) is 2.65. The van der Waals surface area contributed by atoms with Crippen LogP contribution >= 0.6 is 11.9 Å². The first kappa shape index (κ1) is 14.7. The summed E-state index contributed by atoms with van der Waals surface area (Å²) >= 11 is 1.52. The van der Waals surface area contributed by atoms with Gasteiger partial charge in [-0.1, -0.05) is 31.5 Å². The molecule has 1 N–H and O–H groups in total. The van der Waals surface area contributed by atoms with Crippen LogP contribution in [0.4, 0.5) is 5.69 Å². The fourth-order valence-electron chi connectivity index (χ4n) is 1.95. The number of hydrogen-bond acceptors (Lipinski definition) is 3. The van der Waals surface area contributed by atoms with Crippen LogP contribution in [0.1, 0.15) is 34.8 Å². The van der Waals surface area contributed by atoms with Gasteiger partial charge in [-0.05, 0) is 60.7 Å². The van der Waals surface area contributed by atoms with E-state index in [0.29, 0.717) is 0 Å². The van der Waals surface area contributed by atoms with Crippen LogP contribution in [0.3, 0.4) is 0 Å². The largest absolute Gasteiger partial charge is 0.326 e. The minimum Gasteiger partial charge on any atom is -0.326 e. The van der Waals surface area contributed by atoms with Crippen molar-refractivity contribution >= 4 is 23.9 Å². The zero-order valence-electron chi connectivity index (χ0n) is 11.8. The van der Waals surface area contributed by atoms with Crippen molar-refractivity contribution in [1.82, 2.24) is 0 Å². The molecule has 0 spiro atoms. The topological polar surface area (TPSA) is 29.1 Å². The van der Waals surface area contributed by atoms with Crippen LogP contribution < -0.4 is 4.72 Å². The van der Waals surface area contributed by atoms with Gasteiger partial charge in [-0.2, -0.15) is 0 Å². The molecule has 2 aromatic rings. The second-order valence-corrected chi connectivity index (χ2v) is 5.67. The van der Waals surface area contributed by atoms with E-state index in [1.54, 1.807) is 0 Å². The predicted octanol–water partition coefficient (Wildman–Crippen LogP) is 4.88. The minimum absolute atomic E-state index is 0.745. The Morgan fingerprint density at radius 3 is 2.55 bits per heavy atom. The Hall–Kier alpha value is -1.74. The standard InChI is InChI=1S/C17H19NOS/c1-3-4-14-6-8-16(9-7-14)18-20-17-10-5-13(2)15(11-17)12-19/h5-12,18H,3-4H2,1-2H3. The summed E-state index contributed by atoms with van der Waals surface area (Å²) in [6.45, 7) is 4.13. The molecule has 0 aromatic heterocycles. The lowest BCUT2D eigenvalue weighted by molar-refractivity contribution is 0.112. The van der Waals surface area contributed by atoms with Crippen LogP contribution in [0.5, 0.6) is 0 Å². The second-order valence-electron chi connectivity index (χ2n) is 4.79. The summed E-state index contributed by atoms with van der Waals surface area (Å²) in [4.78, 5) is 12.0. The highest BCUT2D eigenvalue weighted by Crippen LogP contribution is 2.23. The number of benzene rings is 2.